The summed E-state index contributed by atoms with van der Waals surface area (Å²) in [4.78, 5) is 5.49. The largest absolute Gasteiger partial charge is 0.497 e. The molecule has 20 heavy (non-hydrogen) atoms. The van der Waals surface area contributed by atoms with Gasteiger partial charge in [-0.15, -0.1) is 0 Å². The fraction of sp³-hybridized carbons (Fsp3) is 0.267. The molecule has 2 N–H and O–H groups in total. The van der Waals surface area contributed by atoms with Crippen LogP contribution in [-0.2, 0) is 0 Å². The Labute approximate surface area is 123 Å². The summed E-state index contributed by atoms with van der Waals surface area (Å²) in [6.07, 6.45) is 0.925. The monoisotopic (exact) mass is 290 g/mol. The van der Waals surface area contributed by atoms with Gasteiger partial charge in [-0.2, -0.15) is 0 Å². The summed E-state index contributed by atoms with van der Waals surface area (Å²) in [6.45, 7) is 2.66. The van der Waals surface area contributed by atoms with E-state index in [9.17, 15) is 0 Å². The van der Waals surface area contributed by atoms with Gasteiger partial charge in [-0.1, -0.05) is 24.8 Å². The second-order valence-electron chi connectivity index (χ2n) is 4.17. The van der Waals surface area contributed by atoms with E-state index in [1.54, 1.807) is 18.9 Å². The van der Waals surface area contributed by atoms with Crippen LogP contribution in [0.25, 0.3) is 0 Å². The van der Waals surface area contributed by atoms with Crippen LogP contribution >= 0.6 is 11.8 Å². The molecule has 2 aromatic rings. The number of aromatic nitrogens is 1. The number of methoxy groups -OCH3 is 1. The molecule has 0 bridgehead atoms. The average Bonchev–Trinajstić information content (AvgIpc) is 2.48. The SMILES string of the molecule is CCCOc1nc(Sc2cccc(OC)c2)ccc1N. The van der Waals surface area contributed by atoms with Gasteiger partial charge in [-0.25, -0.2) is 4.98 Å². The van der Waals surface area contributed by atoms with E-state index in [1.807, 2.05) is 43.3 Å². The molecule has 1 aromatic heterocycles. The number of nitrogens with two attached hydrogens (primary N) is 1. The van der Waals surface area contributed by atoms with Crippen molar-refractivity contribution in [2.24, 2.45) is 0 Å². The molecular formula is C15H18N2O2S. The Balaban J connectivity index is 2.16. The third-order valence-electron chi connectivity index (χ3n) is 2.57. The van der Waals surface area contributed by atoms with Crippen molar-refractivity contribution in [2.75, 3.05) is 19.5 Å². The van der Waals surface area contributed by atoms with Crippen molar-refractivity contribution >= 4 is 17.4 Å². The smallest absolute Gasteiger partial charge is 0.238 e. The van der Waals surface area contributed by atoms with Crippen LogP contribution in [0.15, 0.2) is 46.3 Å². The molecule has 0 aliphatic rings. The standard InChI is InChI=1S/C15H18N2O2S/c1-3-9-19-15-13(16)7-8-14(17-15)20-12-6-4-5-11(10-12)18-2/h4-8,10H,3,9,16H2,1-2H3. The highest BCUT2D eigenvalue weighted by atomic mass is 32.2. The lowest BCUT2D eigenvalue weighted by atomic mass is 10.3. The number of hydrogen-bond donors (Lipinski definition) is 1. The van der Waals surface area contributed by atoms with Crippen molar-refractivity contribution in [3.05, 3.63) is 36.4 Å². The molecule has 0 saturated carbocycles. The van der Waals surface area contributed by atoms with Gasteiger partial charge in [0.1, 0.15) is 10.8 Å². The van der Waals surface area contributed by atoms with Gasteiger partial charge in [0.15, 0.2) is 0 Å². The van der Waals surface area contributed by atoms with Crippen molar-refractivity contribution in [3.63, 3.8) is 0 Å². The molecule has 106 valence electrons. The minimum absolute atomic E-state index is 0.500. The fourth-order valence-corrected chi connectivity index (χ4v) is 2.42. The van der Waals surface area contributed by atoms with Crippen molar-refractivity contribution in [2.45, 2.75) is 23.3 Å². The number of nitrogens with zero attached hydrogens (tertiary/aromatic N) is 1. The number of hydrogen-bond acceptors (Lipinski definition) is 5. The Morgan fingerprint density at radius 3 is 2.85 bits per heavy atom. The lowest BCUT2D eigenvalue weighted by Crippen LogP contribution is -2.01. The maximum atomic E-state index is 5.85. The van der Waals surface area contributed by atoms with Gasteiger partial charge in [-0.05, 0) is 36.8 Å². The van der Waals surface area contributed by atoms with Crippen LogP contribution in [0.4, 0.5) is 5.69 Å². The van der Waals surface area contributed by atoms with E-state index in [4.69, 9.17) is 15.2 Å². The van der Waals surface area contributed by atoms with E-state index in [0.29, 0.717) is 18.2 Å². The molecule has 2 rings (SSSR count). The number of pyridine rings is 1. The van der Waals surface area contributed by atoms with E-state index in [-0.39, 0.29) is 0 Å². The van der Waals surface area contributed by atoms with Gasteiger partial charge in [0, 0.05) is 4.90 Å². The molecule has 5 heteroatoms. The molecule has 0 fully saturated rings. The third-order valence-corrected chi connectivity index (χ3v) is 3.50. The number of ether oxygens (including phenoxy) is 2. The van der Waals surface area contributed by atoms with Crippen molar-refractivity contribution in [1.82, 2.24) is 4.98 Å². The third kappa shape index (κ3) is 3.81. The topological polar surface area (TPSA) is 57.4 Å². The van der Waals surface area contributed by atoms with Gasteiger partial charge in [0.05, 0.1) is 19.4 Å². The first-order valence-corrected chi connectivity index (χ1v) is 7.25. The summed E-state index contributed by atoms with van der Waals surface area (Å²) < 4.78 is 10.7. The summed E-state index contributed by atoms with van der Waals surface area (Å²) in [5.74, 6) is 1.33. The predicted octanol–water partition coefficient (Wildman–Crippen LogP) is 3.61. The Hall–Kier alpha value is -1.88. The van der Waals surface area contributed by atoms with E-state index >= 15 is 0 Å². The minimum atomic E-state index is 0.500. The zero-order valence-corrected chi connectivity index (χ0v) is 12.4. The quantitative estimate of drug-likeness (QED) is 0.880. The van der Waals surface area contributed by atoms with Gasteiger partial charge in [0.2, 0.25) is 5.88 Å². The zero-order chi connectivity index (χ0) is 14.4. The zero-order valence-electron chi connectivity index (χ0n) is 11.6. The second kappa shape index (κ2) is 7.05. The lowest BCUT2D eigenvalue weighted by Gasteiger charge is -2.09. The highest BCUT2D eigenvalue weighted by Crippen LogP contribution is 2.31. The molecule has 0 aliphatic heterocycles. The van der Waals surface area contributed by atoms with Crippen LogP contribution in [-0.4, -0.2) is 18.7 Å². The molecule has 0 amide bonds. The highest BCUT2D eigenvalue weighted by molar-refractivity contribution is 7.99. The molecule has 0 radical (unpaired) electrons. The van der Waals surface area contributed by atoms with Crippen LogP contribution in [0.2, 0.25) is 0 Å². The van der Waals surface area contributed by atoms with Crippen LogP contribution < -0.4 is 15.2 Å². The summed E-state index contributed by atoms with van der Waals surface area (Å²) in [7, 11) is 1.65. The molecule has 0 aliphatic carbocycles. The molecule has 1 heterocycles. The Kier molecular flexibility index (Phi) is 5.12. The maximum absolute atomic E-state index is 5.85. The summed E-state index contributed by atoms with van der Waals surface area (Å²) >= 11 is 1.55. The lowest BCUT2D eigenvalue weighted by molar-refractivity contribution is 0.305. The highest BCUT2D eigenvalue weighted by Gasteiger charge is 2.06. The number of benzene rings is 1. The number of anilines is 1. The summed E-state index contributed by atoms with van der Waals surface area (Å²) in [6, 6.07) is 11.6. The number of nitrogen functional groups attached to an aromatic ring is 1. The van der Waals surface area contributed by atoms with Crippen molar-refractivity contribution in [1.29, 1.82) is 0 Å². The van der Waals surface area contributed by atoms with Gasteiger partial charge in [-0.3, -0.25) is 0 Å². The van der Waals surface area contributed by atoms with E-state index < -0.39 is 0 Å². The Morgan fingerprint density at radius 1 is 1.25 bits per heavy atom. The summed E-state index contributed by atoms with van der Waals surface area (Å²) in [5.41, 5.74) is 6.42. The van der Waals surface area contributed by atoms with Crippen LogP contribution in [0.3, 0.4) is 0 Å². The van der Waals surface area contributed by atoms with Crippen LogP contribution in [0.1, 0.15) is 13.3 Å². The molecule has 0 saturated heterocycles. The van der Waals surface area contributed by atoms with Crippen molar-refractivity contribution in [3.8, 4) is 11.6 Å². The minimum Gasteiger partial charge on any atom is -0.497 e. The maximum Gasteiger partial charge on any atom is 0.238 e. The molecule has 4 nitrogen and oxygen atoms in total. The predicted molar refractivity (Wildman–Crippen MR) is 81.6 cm³/mol. The average molecular weight is 290 g/mol. The molecule has 0 atom stereocenters. The Bertz CT molecular complexity index is 576. The second-order valence-corrected chi connectivity index (χ2v) is 5.27. The first-order chi connectivity index (χ1) is 9.72. The normalized spacial score (nSPS) is 10.3. The van der Waals surface area contributed by atoms with E-state index in [0.717, 1.165) is 22.1 Å². The Morgan fingerprint density at radius 2 is 2.10 bits per heavy atom. The van der Waals surface area contributed by atoms with Gasteiger partial charge < -0.3 is 15.2 Å². The van der Waals surface area contributed by atoms with Crippen LogP contribution in [0.5, 0.6) is 11.6 Å². The fourth-order valence-electron chi connectivity index (χ4n) is 1.59. The molecule has 1 aromatic carbocycles. The van der Waals surface area contributed by atoms with Crippen LogP contribution in [0, 0.1) is 0 Å². The van der Waals surface area contributed by atoms with E-state index in [1.165, 1.54) is 0 Å². The first kappa shape index (κ1) is 14.5. The molecule has 0 unspecified atom stereocenters. The van der Waals surface area contributed by atoms with Gasteiger partial charge >= 0.3 is 0 Å². The molecule has 0 spiro atoms. The van der Waals surface area contributed by atoms with Gasteiger partial charge in [0.25, 0.3) is 0 Å². The summed E-state index contributed by atoms with van der Waals surface area (Å²) in [5, 5.41) is 0.846. The van der Waals surface area contributed by atoms with Crippen molar-refractivity contribution < 1.29 is 9.47 Å². The first-order valence-electron chi connectivity index (χ1n) is 6.44. The number of rotatable bonds is 6. The molecular weight excluding hydrogens is 272 g/mol. The van der Waals surface area contributed by atoms with E-state index in [2.05, 4.69) is 4.98 Å².